The van der Waals surface area contributed by atoms with Crippen molar-refractivity contribution in [3.8, 4) is 0 Å². The zero-order valence-electron chi connectivity index (χ0n) is 9.47. The molecular formula is C11H17NOS. The van der Waals surface area contributed by atoms with Gasteiger partial charge in [0.05, 0.1) is 15.6 Å². The van der Waals surface area contributed by atoms with Crippen molar-refractivity contribution in [1.29, 1.82) is 0 Å². The molecule has 78 valence electrons. The van der Waals surface area contributed by atoms with Crippen molar-refractivity contribution in [1.82, 2.24) is 4.98 Å². The lowest BCUT2D eigenvalue weighted by Gasteiger charge is -2.15. The van der Waals surface area contributed by atoms with E-state index in [0.29, 0.717) is 0 Å². The summed E-state index contributed by atoms with van der Waals surface area (Å²) in [6.07, 6.45) is 0.936. The topological polar surface area (TPSA) is 30.0 Å². The Bertz CT molecular complexity index is 347. The predicted octanol–water partition coefficient (Wildman–Crippen LogP) is 3.24. The summed E-state index contributed by atoms with van der Waals surface area (Å²) in [6.45, 7) is 10.0. The third-order valence-corrected chi connectivity index (χ3v) is 3.10. The van der Waals surface area contributed by atoms with Crippen molar-refractivity contribution >= 4 is 17.1 Å². The minimum Gasteiger partial charge on any atom is -0.294 e. The Balaban J connectivity index is 2.92. The molecule has 3 heteroatoms. The first-order valence-electron chi connectivity index (χ1n) is 4.77. The quantitative estimate of drug-likeness (QED) is 0.703. The van der Waals surface area contributed by atoms with E-state index in [2.05, 4.69) is 25.8 Å². The molecule has 2 nitrogen and oxygen atoms in total. The molecule has 1 aromatic heterocycles. The van der Waals surface area contributed by atoms with Gasteiger partial charge in [-0.2, -0.15) is 0 Å². The summed E-state index contributed by atoms with van der Waals surface area (Å²) >= 11 is 1.53. The highest BCUT2D eigenvalue weighted by molar-refractivity contribution is 7.13. The van der Waals surface area contributed by atoms with Crippen LogP contribution in [0.2, 0.25) is 0 Å². The zero-order valence-corrected chi connectivity index (χ0v) is 10.3. The summed E-state index contributed by atoms with van der Waals surface area (Å²) in [5.41, 5.74) is 1.11. The van der Waals surface area contributed by atoms with Crippen LogP contribution in [0.25, 0.3) is 0 Å². The van der Waals surface area contributed by atoms with E-state index in [1.807, 2.05) is 6.92 Å². The van der Waals surface area contributed by atoms with Crippen LogP contribution in [-0.2, 0) is 6.42 Å². The van der Waals surface area contributed by atoms with E-state index in [9.17, 15) is 4.79 Å². The monoisotopic (exact) mass is 211 g/mol. The molecule has 0 saturated carbocycles. The molecule has 0 unspecified atom stereocenters. The molecule has 1 aromatic rings. The van der Waals surface area contributed by atoms with Gasteiger partial charge >= 0.3 is 0 Å². The number of rotatable bonds is 2. The highest BCUT2D eigenvalue weighted by Crippen LogP contribution is 2.26. The van der Waals surface area contributed by atoms with Crippen molar-refractivity contribution in [3.05, 3.63) is 15.6 Å². The number of Topliss-reactive ketones (excluding diaryl/α,β-unsaturated/α-hetero) is 1. The average Bonchev–Trinajstić information content (AvgIpc) is 2.26. The molecule has 0 N–H and O–H groups in total. The first kappa shape index (κ1) is 11.4. The number of carbonyl (C=O) groups excluding carboxylic acids is 1. The maximum absolute atomic E-state index is 11.2. The van der Waals surface area contributed by atoms with Crippen molar-refractivity contribution in [3.63, 3.8) is 0 Å². The van der Waals surface area contributed by atoms with Gasteiger partial charge < -0.3 is 0 Å². The number of ketones is 1. The van der Waals surface area contributed by atoms with Gasteiger partial charge in [0.25, 0.3) is 0 Å². The molecule has 1 rings (SSSR count). The van der Waals surface area contributed by atoms with E-state index in [1.54, 1.807) is 6.92 Å². The number of aryl methyl sites for hydroxylation is 1. The van der Waals surface area contributed by atoms with Crippen LogP contribution in [0.3, 0.4) is 0 Å². The van der Waals surface area contributed by atoms with Crippen molar-refractivity contribution < 1.29 is 4.79 Å². The first-order chi connectivity index (χ1) is 6.29. The molecular weight excluding hydrogens is 194 g/mol. The average molecular weight is 211 g/mol. The van der Waals surface area contributed by atoms with Crippen molar-refractivity contribution in [2.75, 3.05) is 0 Å². The first-order valence-corrected chi connectivity index (χ1v) is 5.58. The Labute approximate surface area is 89.4 Å². The molecule has 0 amide bonds. The second-order valence-electron chi connectivity index (χ2n) is 4.82. The normalized spacial score (nSPS) is 11.8. The van der Waals surface area contributed by atoms with E-state index in [1.165, 1.54) is 11.3 Å². The second-order valence-corrected chi connectivity index (χ2v) is 5.90. The van der Waals surface area contributed by atoms with E-state index in [-0.39, 0.29) is 11.2 Å². The molecule has 0 aliphatic rings. The molecule has 0 aliphatic carbocycles. The van der Waals surface area contributed by atoms with Crippen LogP contribution in [0.4, 0.5) is 0 Å². The summed E-state index contributed by atoms with van der Waals surface area (Å²) in [6, 6.07) is 0. The minimum atomic E-state index is 0.125. The third kappa shape index (κ3) is 2.91. The number of hydrogen-bond donors (Lipinski definition) is 0. The van der Waals surface area contributed by atoms with Gasteiger partial charge in [-0.3, -0.25) is 4.79 Å². The fourth-order valence-corrected chi connectivity index (χ4v) is 2.57. The standard InChI is InChI=1S/C11H17NOS/c1-7-10(8(2)13)14-9(12-7)6-11(3,4)5/h6H2,1-5H3. The fraction of sp³-hybridized carbons (Fsp3) is 0.636. The second kappa shape index (κ2) is 3.81. The Morgan fingerprint density at radius 3 is 2.36 bits per heavy atom. The van der Waals surface area contributed by atoms with Gasteiger partial charge in [-0.15, -0.1) is 11.3 Å². The Hall–Kier alpha value is -0.700. The summed E-state index contributed by atoms with van der Waals surface area (Å²) in [5.74, 6) is 0.125. The Morgan fingerprint density at radius 2 is 2.00 bits per heavy atom. The molecule has 0 aliphatic heterocycles. The maximum Gasteiger partial charge on any atom is 0.171 e. The predicted molar refractivity (Wildman–Crippen MR) is 60.0 cm³/mol. The molecule has 1 heterocycles. The number of thiazole rings is 1. The van der Waals surface area contributed by atoms with Gasteiger partial charge in [-0.25, -0.2) is 4.98 Å². The Morgan fingerprint density at radius 1 is 1.43 bits per heavy atom. The van der Waals surface area contributed by atoms with E-state index < -0.39 is 0 Å². The van der Waals surface area contributed by atoms with Gasteiger partial charge in [0.2, 0.25) is 0 Å². The third-order valence-electron chi connectivity index (χ3n) is 1.84. The highest BCUT2D eigenvalue weighted by atomic mass is 32.1. The molecule has 0 saturated heterocycles. The van der Waals surface area contributed by atoms with Gasteiger partial charge in [-0.1, -0.05) is 20.8 Å². The van der Waals surface area contributed by atoms with Crippen LogP contribution < -0.4 is 0 Å². The van der Waals surface area contributed by atoms with Crippen LogP contribution in [0, 0.1) is 12.3 Å². The van der Waals surface area contributed by atoms with Gasteiger partial charge in [0.1, 0.15) is 0 Å². The van der Waals surface area contributed by atoms with Crippen LogP contribution in [0.5, 0.6) is 0 Å². The molecule has 0 fully saturated rings. The van der Waals surface area contributed by atoms with Crippen LogP contribution in [0.1, 0.15) is 48.1 Å². The fourth-order valence-electron chi connectivity index (χ4n) is 1.31. The summed E-state index contributed by atoms with van der Waals surface area (Å²) in [7, 11) is 0. The summed E-state index contributed by atoms with van der Waals surface area (Å²) in [4.78, 5) is 16.4. The number of nitrogens with zero attached hydrogens (tertiary/aromatic N) is 1. The van der Waals surface area contributed by atoms with Crippen LogP contribution in [-0.4, -0.2) is 10.8 Å². The number of carbonyl (C=O) groups is 1. The zero-order chi connectivity index (χ0) is 10.9. The summed E-state index contributed by atoms with van der Waals surface area (Å²) in [5, 5.41) is 1.07. The largest absolute Gasteiger partial charge is 0.294 e. The van der Waals surface area contributed by atoms with Crippen LogP contribution in [0.15, 0.2) is 0 Å². The number of hydrogen-bond acceptors (Lipinski definition) is 3. The van der Waals surface area contributed by atoms with Crippen molar-refractivity contribution in [2.24, 2.45) is 5.41 Å². The van der Waals surface area contributed by atoms with Gasteiger partial charge in [0.15, 0.2) is 5.78 Å². The highest BCUT2D eigenvalue weighted by Gasteiger charge is 2.17. The number of aromatic nitrogens is 1. The van der Waals surface area contributed by atoms with E-state index in [0.717, 1.165) is 22.0 Å². The molecule has 14 heavy (non-hydrogen) atoms. The van der Waals surface area contributed by atoms with Crippen LogP contribution >= 0.6 is 11.3 Å². The maximum atomic E-state index is 11.2. The molecule has 0 radical (unpaired) electrons. The van der Waals surface area contributed by atoms with Gasteiger partial charge in [-0.05, 0) is 12.3 Å². The lowest BCUT2D eigenvalue weighted by Crippen LogP contribution is -2.08. The molecule has 0 spiro atoms. The van der Waals surface area contributed by atoms with E-state index in [4.69, 9.17) is 0 Å². The lowest BCUT2D eigenvalue weighted by atomic mass is 9.93. The van der Waals surface area contributed by atoms with Gasteiger partial charge in [0, 0.05) is 13.3 Å². The molecule has 0 atom stereocenters. The smallest absolute Gasteiger partial charge is 0.171 e. The minimum absolute atomic E-state index is 0.125. The van der Waals surface area contributed by atoms with Crippen molar-refractivity contribution in [2.45, 2.75) is 41.0 Å². The SMILES string of the molecule is CC(=O)c1sc(CC(C)(C)C)nc1C. The lowest BCUT2D eigenvalue weighted by molar-refractivity contribution is 0.102. The molecule has 0 aromatic carbocycles. The van der Waals surface area contributed by atoms with E-state index >= 15 is 0 Å². The summed E-state index contributed by atoms with van der Waals surface area (Å²) < 4.78 is 0. The molecule has 0 bridgehead atoms. The Kier molecular flexibility index (Phi) is 3.10.